The Bertz CT molecular complexity index is 460. The predicted octanol–water partition coefficient (Wildman–Crippen LogP) is 2.29. The molecule has 0 aromatic heterocycles. The van der Waals surface area contributed by atoms with E-state index in [4.69, 9.17) is 21.1 Å². The number of rotatable bonds is 2. The summed E-state index contributed by atoms with van der Waals surface area (Å²) in [6.45, 7) is 1.99. The molecule has 0 amide bonds. The molecule has 104 valence electrons. The molecule has 3 rings (SSSR count). The second-order valence-corrected chi connectivity index (χ2v) is 5.44. The monoisotopic (exact) mass is 283 g/mol. The summed E-state index contributed by atoms with van der Waals surface area (Å²) in [6.07, 6.45) is 2.74. The van der Waals surface area contributed by atoms with Gasteiger partial charge in [0.05, 0.1) is 11.1 Å². The Kier molecular flexibility index (Phi) is 3.82. The topological polar surface area (TPSA) is 50.7 Å². The van der Waals surface area contributed by atoms with Crippen LogP contribution >= 0.6 is 11.6 Å². The molecule has 0 saturated carbocycles. The van der Waals surface area contributed by atoms with E-state index in [0.29, 0.717) is 29.7 Å². The quantitative estimate of drug-likeness (QED) is 0.874. The third kappa shape index (κ3) is 2.66. The predicted molar refractivity (Wildman–Crippen MR) is 73.0 cm³/mol. The molecule has 0 spiro atoms. The second kappa shape index (κ2) is 5.57. The zero-order valence-electron chi connectivity index (χ0n) is 10.7. The highest BCUT2D eigenvalue weighted by molar-refractivity contribution is 6.32. The lowest BCUT2D eigenvalue weighted by molar-refractivity contribution is 0.112. The van der Waals surface area contributed by atoms with E-state index in [1.54, 1.807) is 6.07 Å². The van der Waals surface area contributed by atoms with E-state index in [1.165, 1.54) is 6.42 Å². The third-order valence-electron chi connectivity index (χ3n) is 3.69. The SMILES string of the molecule is OC(c1cc(Cl)c2c(c1)OCCO2)C1CCCCN1. The van der Waals surface area contributed by atoms with Crippen molar-refractivity contribution in [1.82, 2.24) is 5.32 Å². The van der Waals surface area contributed by atoms with Crippen LogP contribution in [0.5, 0.6) is 11.5 Å². The molecule has 0 radical (unpaired) electrons. The molecule has 2 aliphatic heterocycles. The summed E-state index contributed by atoms with van der Waals surface area (Å²) in [5, 5.41) is 14.3. The lowest BCUT2D eigenvalue weighted by Gasteiger charge is -2.29. The number of piperidine rings is 1. The summed E-state index contributed by atoms with van der Waals surface area (Å²) >= 11 is 6.19. The molecule has 4 nitrogen and oxygen atoms in total. The molecule has 2 atom stereocenters. The van der Waals surface area contributed by atoms with E-state index in [1.807, 2.05) is 6.07 Å². The van der Waals surface area contributed by atoms with Gasteiger partial charge in [-0.15, -0.1) is 0 Å². The van der Waals surface area contributed by atoms with Crippen LogP contribution < -0.4 is 14.8 Å². The fourth-order valence-corrected chi connectivity index (χ4v) is 2.96. The van der Waals surface area contributed by atoms with E-state index in [2.05, 4.69) is 5.32 Å². The molecule has 2 heterocycles. The van der Waals surface area contributed by atoms with E-state index in [9.17, 15) is 5.11 Å². The van der Waals surface area contributed by atoms with Crippen molar-refractivity contribution in [3.8, 4) is 11.5 Å². The first kappa shape index (κ1) is 13.0. The van der Waals surface area contributed by atoms with Crippen LogP contribution in [0.3, 0.4) is 0 Å². The van der Waals surface area contributed by atoms with Crippen LogP contribution in [0, 0.1) is 0 Å². The van der Waals surface area contributed by atoms with Crippen molar-refractivity contribution in [2.75, 3.05) is 19.8 Å². The Hall–Kier alpha value is -0.970. The Morgan fingerprint density at radius 3 is 2.89 bits per heavy atom. The van der Waals surface area contributed by atoms with Crippen LogP contribution in [0.4, 0.5) is 0 Å². The Balaban J connectivity index is 1.85. The van der Waals surface area contributed by atoms with Gasteiger partial charge in [0.15, 0.2) is 11.5 Å². The van der Waals surface area contributed by atoms with Gasteiger partial charge in [0.25, 0.3) is 0 Å². The zero-order chi connectivity index (χ0) is 13.2. The molecule has 1 saturated heterocycles. The molecule has 1 fully saturated rings. The van der Waals surface area contributed by atoms with Crippen molar-refractivity contribution < 1.29 is 14.6 Å². The van der Waals surface area contributed by atoms with Crippen LogP contribution in [-0.4, -0.2) is 30.9 Å². The highest BCUT2D eigenvalue weighted by atomic mass is 35.5. The lowest BCUT2D eigenvalue weighted by atomic mass is 9.94. The summed E-state index contributed by atoms with van der Waals surface area (Å²) in [5.41, 5.74) is 0.786. The number of hydrogen-bond acceptors (Lipinski definition) is 4. The summed E-state index contributed by atoms with van der Waals surface area (Å²) < 4.78 is 11.0. The maximum absolute atomic E-state index is 10.5. The van der Waals surface area contributed by atoms with Crippen molar-refractivity contribution in [1.29, 1.82) is 0 Å². The first-order valence-corrected chi connectivity index (χ1v) is 7.14. The fourth-order valence-electron chi connectivity index (χ4n) is 2.68. The summed E-state index contributed by atoms with van der Waals surface area (Å²) in [4.78, 5) is 0. The molecule has 5 heteroatoms. The van der Waals surface area contributed by atoms with Gasteiger partial charge in [0.2, 0.25) is 0 Å². The number of nitrogens with one attached hydrogen (secondary N) is 1. The maximum Gasteiger partial charge on any atom is 0.179 e. The summed E-state index contributed by atoms with van der Waals surface area (Å²) in [5.74, 6) is 1.21. The van der Waals surface area contributed by atoms with Gasteiger partial charge in [-0.1, -0.05) is 18.0 Å². The van der Waals surface area contributed by atoms with Crippen LogP contribution in [0.15, 0.2) is 12.1 Å². The smallest absolute Gasteiger partial charge is 0.179 e. The fraction of sp³-hybridized carbons (Fsp3) is 0.571. The van der Waals surface area contributed by atoms with Gasteiger partial charge >= 0.3 is 0 Å². The largest absolute Gasteiger partial charge is 0.486 e. The molecule has 19 heavy (non-hydrogen) atoms. The minimum absolute atomic E-state index is 0.0902. The molecule has 2 N–H and O–H groups in total. The summed E-state index contributed by atoms with van der Waals surface area (Å²) in [6, 6.07) is 3.70. The van der Waals surface area contributed by atoms with Gasteiger partial charge in [0, 0.05) is 6.04 Å². The first-order chi connectivity index (χ1) is 9.25. The zero-order valence-corrected chi connectivity index (χ0v) is 11.4. The van der Waals surface area contributed by atoms with Crippen molar-refractivity contribution in [3.63, 3.8) is 0 Å². The minimum atomic E-state index is -0.561. The van der Waals surface area contributed by atoms with Crippen molar-refractivity contribution in [3.05, 3.63) is 22.7 Å². The lowest BCUT2D eigenvalue weighted by Crippen LogP contribution is -2.38. The number of hydrogen-bond donors (Lipinski definition) is 2. The number of aliphatic hydroxyl groups excluding tert-OH is 1. The Morgan fingerprint density at radius 2 is 2.11 bits per heavy atom. The van der Waals surface area contributed by atoms with Gasteiger partial charge in [0.1, 0.15) is 13.2 Å². The minimum Gasteiger partial charge on any atom is -0.486 e. The molecule has 2 unspecified atom stereocenters. The first-order valence-electron chi connectivity index (χ1n) is 6.76. The average Bonchev–Trinajstić information content (AvgIpc) is 2.47. The van der Waals surface area contributed by atoms with E-state index >= 15 is 0 Å². The summed E-state index contributed by atoms with van der Waals surface area (Å²) in [7, 11) is 0. The molecular weight excluding hydrogens is 266 g/mol. The second-order valence-electron chi connectivity index (χ2n) is 5.03. The normalized spacial score (nSPS) is 24.0. The molecule has 0 bridgehead atoms. The molecule has 2 aliphatic rings. The van der Waals surface area contributed by atoms with Crippen molar-refractivity contribution in [2.45, 2.75) is 31.4 Å². The molecule has 1 aromatic carbocycles. The van der Waals surface area contributed by atoms with Crippen molar-refractivity contribution in [2.24, 2.45) is 0 Å². The molecule has 1 aromatic rings. The molecule has 0 aliphatic carbocycles. The van der Waals surface area contributed by atoms with E-state index in [-0.39, 0.29) is 6.04 Å². The Morgan fingerprint density at radius 1 is 1.26 bits per heavy atom. The maximum atomic E-state index is 10.5. The number of halogens is 1. The standard InChI is InChI=1S/C14H18ClNO3/c15-10-7-9(8-12-14(10)19-6-5-18-12)13(17)11-3-1-2-4-16-11/h7-8,11,13,16-17H,1-6H2. The average molecular weight is 284 g/mol. The van der Waals surface area contributed by atoms with Gasteiger partial charge < -0.3 is 19.9 Å². The number of fused-ring (bicyclic) bond motifs is 1. The number of aliphatic hydroxyl groups is 1. The van der Waals surface area contributed by atoms with Crippen LogP contribution in [0.25, 0.3) is 0 Å². The van der Waals surface area contributed by atoms with Crippen LogP contribution in [0.2, 0.25) is 5.02 Å². The number of ether oxygens (including phenoxy) is 2. The van der Waals surface area contributed by atoms with Gasteiger partial charge in [-0.2, -0.15) is 0 Å². The van der Waals surface area contributed by atoms with Crippen LogP contribution in [-0.2, 0) is 0 Å². The Labute approximate surface area is 117 Å². The number of benzene rings is 1. The van der Waals surface area contributed by atoms with Gasteiger partial charge in [-0.05, 0) is 37.1 Å². The molecular formula is C14H18ClNO3. The van der Waals surface area contributed by atoms with E-state index in [0.717, 1.165) is 24.9 Å². The highest BCUT2D eigenvalue weighted by Gasteiger charge is 2.25. The van der Waals surface area contributed by atoms with Gasteiger partial charge in [-0.3, -0.25) is 0 Å². The van der Waals surface area contributed by atoms with Gasteiger partial charge in [-0.25, -0.2) is 0 Å². The third-order valence-corrected chi connectivity index (χ3v) is 3.97. The highest BCUT2D eigenvalue weighted by Crippen LogP contribution is 2.40. The van der Waals surface area contributed by atoms with Crippen LogP contribution in [0.1, 0.15) is 30.9 Å². The van der Waals surface area contributed by atoms with Crippen molar-refractivity contribution >= 4 is 11.6 Å². The van der Waals surface area contributed by atoms with E-state index < -0.39 is 6.10 Å².